The zero-order chi connectivity index (χ0) is 15.4. The predicted molar refractivity (Wildman–Crippen MR) is 72.8 cm³/mol. The summed E-state index contributed by atoms with van der Waals surface area (Å²) in [6.07, 6.45) is 1.25. The lowest BCUT2D eigenvalue weighted by Gasteiger charge is -2.09. The topological polar surface area (TPSA) is 112 Å². The molecule has 2 aromatic rings. The van der Waals surface area contributed by atoms with E-state index in [9.17, 15) is 9.59 Å². The molecule has 0 aliphatic carbocycles. The van der Waals surface area contributed by atoms with E-state index in [4.69, 9.17) is 20.3 Å². The van der Waals surface area contributed by atoms with E-state index >= 15 is 0 Å². The van der Waals surface area contributed by atoms with E-state index in [2.05, 4.69) is 4.98 Å². The van der Waals surface area contributed by atoms with Gasteiger partial charge in [0.1, 0.15) is 17.1 Å². The molecule has 108 valence electrons. The Balaban J connectivity index is 2.30. The zero-order valence-electron chi connectivity index (χ0n) is 11.1. The van der Waals surface area contributed by atoms with Gasteiger partial charge in [-0.1, -0.05) is 0 Å². The number of carboxylic acid groups (broad SMARTS) is 1. The lowest BCUT2D eigenvalue weighted by Crippen LogP contribution is -2.11. The monoisotopic (exact) mass is 288 g/mol. The van der Waals surface area contributed by atoms with E-state index in [0.29, 0.717) is 5.75 Å². The maximum absolute atomic E-state index is 11.2. The number of primary amides is 1. The maximum atomic E-state index is 11.2. The summed E-state index contributed by atoms with van der Waals surface area (Å²) in [5.74, 6) is -1.10. The highest BCUT2D eigenvalue weighted by Crippen LogP contribution is 2.27. The number of carbonyl (C=O) groups excluding carboxylic acids is 1. The van der Waals surface area contributed by atoms with Gasteiger partial charge >= 0.3 is 5.97 Å². The molecule has 7 heteroatoms. The number of rotatable bonds is 5. The molecule has 0 bridgehead atoms. The molecule has 0 unspecified atom stereocenters. The minimum absolute atomic E-state index is 0.0601. The molecule has 2 rings (SSSR count). The molecule has 3 N–H and O–H groups in total. The minimum Gasteiger partial charge on any atom is -0.497 e. The first-order valence-electron chi connectivity index (χ1n) is 5.86. The number of methoxy groups -OCH3 is 1. The third-order valence-corrected chi connectivity index (χ3v) is 2.65. The van der Waals surface area contributed by atoms with Crippen LogP contribution in [0.3, 0.4) is 0 Å². The normalized spacial score (nSPS) is 9.95. The van der Waals surface area contributed by atoms with Crippen LogP contribution in [0.25, 0.3) is 0 Å². The summed E-state index contributed by atoms with van der Waals surface area (Å²) in [6, 6.07) is 7.24. The summed E-state index contributed by atoms with van der Waals surface area (Å²) in [7, 11) is 1.44. The van der Waals surface area contributed by atoms with Gasteiger partial charge in [0.25, 0.3) is 0 Å². The van der Waals surface area contributed by atoms with Gasteiger partial charge in [-0.15, -0.1) is 0 Å². The van der Waals surface area contributed by atoms with Crippen molar-refractivity contribution in [1.82, 2.24) is 4.98 Å². The van der Waals surface area contributed by atoms with E-state index in [1.165, 1.54) is 37.6 Å². The first kappa shape index (κ1) is 14.3. The lowest BCUT2D eigenvalue weighted by atomic mass is 10.2. The predicted octanol–water partition coefficient (Wildman–Crippen LogP) is 1.68. The average Bonchev–Trinajstić information content (AvgIpc) is 2.48. The number of carboxylic acids is 1. The minimum atomic E-state index is -1.15. The molecule has 1 aromatic heterocycles. The molecular formula is C14H12N2O5. The number of aromatic nitrogens is 1. The molecule has 21 heavy (non-hydrogen) atoms. The number of nitrogens with two attached hydrogens (primary N) is 1. The number of aromatic carboxylic acids is 1. The largest absolute Gasteiger partial charge is 0.497 e. The van der Waals surface area contributed by atoms with Crippen molar-refractivity contribution in [2.75, 3.05) is 7.11 Å². The molecule has 0 aliphatic heterocycles. The number of hydrogen-bond donors (Lipinski definition) is 2. The lowest BCUT2D eigenvalue weighted by molar-refractivity contribution is 0.0693. The number of amides is 1. The summed E-state index contributed by atoms with van der Waals surface area (Å²) < 4.78 is 10.4. The molecule has 0 radical (unpaired) electrons. The van der Waals surface area contributed by atoms with Crippen molar-refractivity contribution in [3.63, 3.8) is 0 Å². The highest BCUT2D eigenvalue weighted by Gasteiger charge is 2.14. The van der Waals surface area contributed by atoms with Gasteiger partial charge in [0.2, 0.25) is 11.8 Å². The van der Waals surface area contributed by atoms with Gasteiger partial charge < -0.3 is 20.3 Å². The van der Waals surface area contributed by atoms with Crippen LogP contribution < -0.4 is 15.2 Å². The van der Waals surface area contributed by atoms with E-state index in [0.717, 1.165) is 0 Å². The van der Waals surface area contributed by atoms with Crippen LogP contribution in [0.1, 0.15) is 20.7 Å². The average molecular weight is 288 g/mol. The summed E-state index contributed by atoms with van der Waals surface area (Å²) in [4.78, 5) is 26.0. The second kappa shape index (κ2) is 5.91. The Labute approximate surface area is 119 Å². The molecule has 1 aromatic carbocycles. The van der Waals surface area contributed by atoms with Crippen molar-refractivity contribution in [3.8, 4) is 17.4 Å². The van der Waals surface area contributed by atoms with Crippen LogP contribution in [0, 0.1) is 0 Å². The van der Waals surface area contributed by atoms with Gasteiger partial charge in [-0.2, -0.15) is 0 Å². The molecule has 1 heterocycles. The molecule has 7 nitrogen and oxygen atoms in total. The fourth-order valence-electron chi connectivity index (χ4n) is 1.59. The van der Waals surface area contributed by atoms with Crippen molar-refractivity contribution >= 4 is 11.9 Å². The van der Waals surface area contributed by atoms with Crippen LogP contribution >= 0.6 is 0 Å². The second-order valence-corrected chi connectivity index (χ2v) is 4.02. The van der Waals surface area contributed by atoms with Crippen molar-refractivity contribution in [2.24, 2.45) is 5.73 Å². The molecule has 0 fully saturated rings. The molecule has 0 saturated heterocycles. The number of nitrogens with zero attached hydrogens (tertiary/aromatic N) is 1. The Morgan fingerprint density at radius 3 is 2.52 bits per heavy atom. The number of pyridine rings is 1. The Hall–Kier alpha value is -3.09. The fraction of sp³-hybridized carbons (Fsp3) is 0.0714. The SMILES string of the molecule is COc1ccc(Oc2ccc(C(N)=O)cn2)c(C(=O)O)c1. The highest BCUT2D eigenvalue weighted by molar-refractivity contribution is 5.92. The van der Waals surface area contributed by atoms with E-state index in [1.54, 1.807) is 6.07 Å². The van der Waals surface area contributed by atoms with Crippen molar-refractivity contribution < 1.29 is 24.2 Å². The van der Waals surface area contributed by atoms with Crippen molar-refractivity contribution in [3.05, 3.63) is 47.7 Å². The standard InChI is InChI=1S/C14H12N2O5/c1-20-9-3-4-11(10(6-9)14(18)19)21-12-5-2-8(7-16-12)13(15)17/h2-7H,1H3,(H2,15,17)(H,18,19). The first-order valence-corrected chi connectivity index (χ1v) is 5.86. The Bertz CT molecular complexity index is 682. The van der Waals surface area contributed by atoms with Gasteiger partial charge in [-0.25, -0.2) is 9.78 Å². The highest BCUT2D eigenvalue weighted by atomic mass is 16.5. The number of carbonyl (C=O) groups is 2. The third kappa shape index (κ3) is 3.27. The summed E-state index contributed by atoms with van der Waals surface area (Å²) in [5.41, 5.74) is 5.27. The van der Waals surface area contributed by atoms with E-state index in [-0.39, 0.29) is 22.8 Å². The molecule has 0 saturated carbocycles. The van der Waals surface area contributed by atoms with E-state index in [1.807, 2.05) is 0 Å². The van der Waals surface area contributed by atoms with Crippen LogP contribution in [-0.2, 0) is 0 Å². The Kier molecular flexibility index (Phi) is 4.03. The molecular weight excluding hydrogens is 276 g/mol. The van der Waals surface area contributed by atoms with Crippen LogP contribution in [0.5, 0.6) is 17.4 Å². The second-order valence-electron chi connectivity index (χ2n) is 4.02. The van der Waals surface area contributed by atoms with Gasteiger partial charge in [-0.05, 0) is 24.3 Å². The molecule has 0 spiro atoms. The van der Waals surface area contributed by atoms with Crippen molar-refractivity contribution in [1.29, 1.82) is 0 Å². The quantitative estimate of drug-likeness (QED) is 0.865. The van der Waals surface area contributed by atoms with Crippen LogP contribution in [0.15, 0.2) is 36.5 Å². The fourth-order valence-corrected chi connectivity index (χ4v) is 1.59. The number of hydrogen-bond acceptors (Lipinski definition) is 5. The summed E-state index contributed by atoms with van der Waals surface area (Å²) in [6.45, 7) is 0. The number of benzene rings is 1. The molecule has 0 atom stereocenters. The summed E-state index contributed by atoms with van der Waals surface area (Å²) >= 11 is 0. The van der Waals surface area contributed by atoms with Gasteiger partial charge in [-0.3, -0.25) is 4.79 Å². The van der Waals surface area contributed by atoms with Crippen molar-refractivity contribution in [2.45, 2.75) is 0 Å². The molecule has 0 aliphatic rings. The summed E-state index contributed by atoms with van der Waals surface area (Å²) in [5, 5.41) is 9.16. The van der Waals surface area contributed by atoms with Crippen LogP contribution in [0.4, 0.5) is 0 Å². The van der Waals surface area contributed by atoms with Gasteiger partial charge in [0.05, 0.1) is 12.7 Å². The Morgan fingerprint density at radius 1 is 1.24 bits per heavy atom. The maximum Gasteiger partial charge on any atom is 0.339 e. The Morgan fingerprint density at radius 2 is 2.00 bits per heavy atom. The third-order valence-electron chi connectivity index (χ3n) is 2.65. The smallest absolute Gasteiger partial charge is 0.339 e. The van der Waals surface area contributed by atoms with Gasteiger partial charge in [0.15, 0.2) is 0 Å². The zero-order valence-corrected chi connectivity index (χ0v) is 11.1. The van der Waals surface area contributed by atoms with Crippen LogP contribution in [0.2, 0.25) is 0 Å². The first-order chi connectivity index (χ1) is 10.0. The number of ether oxygens (including phenoxy) is 2. The van der Waals surface area contributed by atoms with Crippen LogP contribution in [-0.4, -0.2) is 29.1 Å². The van der Waals surface area contributed by atoms with E-state index < -0.39 is 11.9 Å². The molecule has 1 amide bonds. The van der Waals surface area contributed by atoms with Gasteiger partial charge in [0, 0.05) is 12.3 Å².